The maximum absolute atomic E-state index is 12.7. The number of hydrogen-bond acceptors (Lipinski definition) is 3. The van der Waals surface area contributed by atoms with Gasteiger partial charge in [0.1, 0.15) is 11.4 Å². The number of Topliss-reactive ketones (excluding diaryl/α,β-unsaturated/α-hetero) is 1. The summed E-state index contributed by atoms with van der Waals surface area (Å²) < 4.78 is 5.59. The summed E-state index contributed by atoms with van der Waals surface area (Å²) in [4.78, 5) is 24.4. The molecule has 3 aliphatic rings. The van der Waals surface area contributed by atoms with Gasteiger partial charge in [-0.3, -0.25) is 9.59 Å². The summed E-state index contributed by atoms with van der Waals surface area (Å²) in [6.07, 6.45) is 3.95. The van der Waals surface area contributed by atoms with Crippen LogP contribution in [0.3, 0.4) is 0 Å². The van der Waals surface area contributed by atoms with Gasteiger partial charge in [0.15, 0.2) is 0 Å². The topological polar surface area (TPSA) is 43.4 Å². The van der Waals surface area contributed by atoms with Crippen molar-refractivity contribution >= 4 is 11.8 Å². The van der Waals surface area contributed by atoms with Crippen molar-refractivity contribution in [2.24, 2.45) is 22.7 Å². The molecule has 0 amide bonds. The number of hydrogen-bond donors (Lipinski definition) is 0. The van der Waals surface area contributed by atoms with Gasteiger partial charge < -0.3 is 4.74 Å². The minimum atomic E-state index is -0.411. The molecule has 0 aromatic carbocycles. The Morgan fingerprint density at radius 3 is 2.42 bits per heavy atom. The Kier molecular flexibility index (Phi) is 2.50. The van der Waals surface area contributed by atoms with Crippen LogP contribution in [-0.4, -0.2) is 17.4 Å². The van der Waals surface area contributed by atoms with Crippen molar-refractivity contribution in [3.63, 3.8) is 0 Å². The fourth-order valence-electron chi connectivity index (χ4n) is 5.27. The molecule has 0 N–H and O–H groups in total. The molecule has 1 aliphatic heterocycles. The van der Waals surface area contributed by atoms with Crippen LogP contribution in [-0.2, 0) is 14.3 Å². The van der Waals surface area contributed by atoms with Crippen LogP contribution in [0.15, 0.2) is 0 Å². The molecule has 0 aromatic heterocycles. The third-order valence-electron chi connectivity index (χ3n) is 6.37. The molecule has 0 bridgehead atoms. The van der Waals surface area contributed by atoms with Crippen molar-refractivity contribution in [1.82, 2.24) is 0 Å². The van der Waals surface area contributed by atoms with Gasteiger partial charge in [0.05, 0.1) is 6.42 Å². The zero-order valence-corrected chi connectivity index (χ0v) is 12.4. The van der Waals surface area contributed by atoms with Crippen LogP contribution in [0.4, 0.5) is 0 Å². The molecule has 2 aliphatic carbocycles. The maximum atomic E-state index is 12.7. The molecule has 1 saturated heterocycles. The van der Waals surface area contributed by atoms with Crippen molar-refractivity contribution in [2.45, 2.75) is 65.4 Å². The van der Waals surface area contributed by atoms with Crippen molar-refractivity contribution < 1.29 is 14.3 Å². The van der Waals surface area contributed by atoms with E-state index in [-0.39, 0.29) is 22.7 Å². The van der Waals surface area contributed by atoms with E-state index in [1.165, 1.54) is 0 Å². The van der Waals surface area contributed by atoms with Crippen LogP contribution >= 0.6 is 0 Å². The molecule has 1 heterocycles. The molecule has 3 unspecified atom stereocenters. The molecular formula is C16H24O3. The second kappa shape index (κ2) is 3.62. The largest absolute Gasteiger partial charge is 0.459 e. The molecule has 3 fully saturated rings. The van der Waals surface area contributed by atoms with E-state index >= 15 is 0 Å². The van der Waals surface area contributed by atoms with Gasteiger partial charge >= 0.3 is 5.97 Å². The molecule has 2 saturated carbocycles. The van der Waals surface area contributed by atoms with Gasteiger partial charge in [0.25, 0.3) is 0 Å². The second-order valence-electron chi connectivity index (χ2n) is 7.83. The first kappa shape index (κ1) is 13.1. The van der Waals surface area contributed by atoms with E-state index in [0.717, 1.165) is 19.3 Å². The van der Waals surface area contributed by atoms with Crippen LogP contribution in [0.1, 0.15) is 59.8 Å². The number of ether oxygens (including phenoxy) is 1. The van der Waals surface area contributed by atoms with Crippen LogP contribution in [0.5, 0.6) is 0 Å². The van der Waals surface area contributed by atoms with Gasteiger partial charge in [0, 0.05) is 17.8 Å². The van der Waals surface area contributed by atoms with Crippen LogP contribution < -0.4 is 0 Å². The van der Waals surface area contributed by atoms with Gasteiger partial charge in [-0.1, -0.05) is 20.8 Å². The minimum absolute atomic E-state index is 0.0679. The molecular weight excluding hydrogens is 240 g/mol. The Labute approximate surface area is 115 Å². The van der Waals surface area contributed by atoms with Gasteiger partial charge in [0.2, 0.25) is 0 Å². The fourth-order valence-corrected chi connectivity index (χ4v) is 5.27. The summed E-state index contributed by atoms with van der Waals surface area (Å²) in [5.74, 6) is 0.684. The van der Waals surface area contributed by atoms with Gasteiger partial charge in [-0.2, -0.15) is 0 Å². The highest BCUT2D eigenvalue weighted by Gasteiger charge is 2.65. The Bertz CT molecular complexity index is 453. The average molecular weight is 264 g/mol. The van der Waals surface area contributed by atoms with Crippen molar-refractivity contribution in [3.8, 4) is 0 Å². The van der Waals surface area contributed by atoms with Crippen LogP contribution in [0.25, 0.3) is 0 Å². The van der Waals surface area contributed by atoms with Crippen LogP contribution in [0, 0.1) is 22.7 Å². The highest BCUT2D eigenvalue weighted by atomic mass is 16.6. The van der Waals surface area contributed by atoms with Crippen molar-refractivity contribution in [2.75, 3.05) is 0 Å². The summed E-state index contributed by atoms with van der Waals surface area (Å²) in [6.45, 7) is 8.69. The second-order valence-corrected chi connectivity index (χ2v) is 7.83. The monoisotopic (exact) mass is 264 g/mol. The quantitative estimate of drug-likeness (QED) is 0.631. The summed E-state index contributed by atoms with van der Waals surface area (Å²) in [5, 5.41) is 0. The molecule has 4 atom stereocenters. The van der Waals surface area contributed by atoms with Crippen LogP contribution in [0.2, 0.25) is 0 Å². The lowest BCUT2D eigenvalue weighted by Crippen LogP contribution is -2.59. The van der Waals surface area contributed by atoms with Gasteiger partial charge in [-0.05, 0) is 37.5 Å². The number of fused-ring (bicyclic) bond motifs is 3. The zero-order valence-electron chi connectivity index (χ0n) is 12.4. The van der Waals surface area contributed by atoms with E-state index in [1.807, 2.05) is 6.92 Å². The molecule has 0 spiro atoms. The number of carbonyl (C=O) groups excluding carboxylic acids is 2. The number of ketones is 1. The summed E-state index contributed by atoms with van der Waals surface area (Å²) in [7, 11) is 0. The lowest BCUT2D eigenvalue weighted by atomic mass is 9.45. The Morgan fingerprint density at radius 2 is 1.74 bits per heavy atom. The Hall–Kier alpha value is -0.860. The number of rotatable bonds is 0. The van der Waals surface area contributed by atoms with E-state index < -0.39 is 5.60 Å². The Balaban J connectivity index is 2.08. The van der Waals surface area contributed by atoms with E-state index in [4.69, 9.17) is 4.74 Å². The highest BCUT2D eigenvalue weighted by Crippen LogP contribution is 2.63. The molecule has 19 heavy (non-hydrogen) atoms. The molecule has 106 valence electrons. The van der Waals surface area contributed by atoms with Gasteiger partial charge in [-0.25, -0.2) is 0 Å². The van der Waals surface area contributed by atoms with Crippen molar-refractivity contribution in [3.05, 3.63) is 0 Å². The fraction of sp³-hybridized carbons (Fsp3) is 0.875. The zero-order chi connectivity index (χ0) is 14.1. The van der Waals surface area contributed by atoms with Gasteiger partial charge in [-0.15, -0.1) is 0 Å². The summed E-state index contributed by atoms with van der Waals surface area (Å²) in [6, 6.07) is 0. The highest BCUT2D eigenvalue weighted by molar-refractivity contribution is 5.88. The SMILES string of the molecule is CC1(C)CCC(=O)C2(C)C1CCC1(C)OC(=O)C[C@H]12. The van der Waals surface area contributed by atoms with E-state index in [2.05, 4.69) is 20.8 Å². The summed E-state index contributed by atoms with van der Waals surface area (Å²) in [5.41, 5.74) is -0.595. The Morgan fingerprint density at radius 1 is 1.05 bits per heavy atom. The maximum Gasteiger partial charge on any atom is 0.306 e. The minimum Gasteiger partial charge on any atom is -0.459 e. The molecule has 0 aromatic rings. The molecule has 3 heteroatoms. The third kappa shape index (κ3) is 1.56. The molecule has 3 rings (SSSR count). The molecule has 0 radical (unpaired) electrons. The van der Waals surface area contributed by atoms with E-state index in [1.54, 1.807) is 0 Å². The first-order chi connectivity index (χ1) is 8.70. The standard InChI is InChI=1S/C16H24O3/c1-14(2)7-6-12(17)16(4)10(14)5-8-15(3)11(16)9-13(18)19-15/h10-11H,5-9H2,1-4H3/t10?,11-,15?,16?/m1/s1. The number of esters is 1. The van der Waals surface area contributed by atoms with E-state index in [9.17, 15) is 9.59 Å². The number of carbonyl (C=O) groups is 2. The van der Waals surface area contributed by atoms with Crippen molar-refractivity contribution in [1.29, 1.82) is 0 Å². The lowest BCUT2D eigenvalue weighted by molar-refractivity contribution is -0.174. The first-order valence-electron chi connectivity index (χ1n) is 7.45. The third-order valence-corrected chi connectivity index (χ3v) is 6.37. The molecule has 3 nitrogen and oxygen atoms in total. The van der Waals surface area contributed by atoms with E-state index in [0.29, 0.717) is 24.5 Å². The summed E-state index contributed by atoms with van der Waals surface area (Å²) >= 11 is 0. The predicted molar refractivity (Wildman–Crippen MR) is 71.5 cm³/mol. The average Bonchev–Trinajstić information content (AvgIpc) is 2.60. The lowest BCUT2D eigenvalue weighted by Gasteiger charge is -2.58. The first-order valence-corrected chi connectivity index (χ1v) is 7.45. The predicted octanol–water partition coefficient (Wildman–Crippen LogP) is 3.11. The normalized spacial score (nSPS) is 48.4. The smallest absolute Gasteiger partial charge is 0.306 e.